The summed E-state index contributed by atoms with van der Waals surface area (Å²) >= 11 is 3.35. The number of hydrogen-bond acceptors (Lipinski definition) is 4. The van der Waals surface area contributed by atoms with Crippen LogP contribution in [0.4, 0.5) is 4.79 Å². The molecule has 0 bridgehead atoms. The highest BCUT2D eigenvalue weighted by molar-refractivity contribution is 9.10. The average Bonchev–Trinajstić information content (AvgIpc) is 2.79. The number of carbonyl (C=O) groups excluding carboxylic acids is 3. The molecule has 7 nitrogen and oxygen atoms in total. The Morgan fingerprint density at radius 3 is 2.65 bits per heavy atom. The van der Waals surface area contributed by atoms with Crippen LogP contribution in [0.1, 0.15) is 33.3 Å². The van der Waals surface area contributed by atoms with Crippen LogP contribution in [-0.4, -0.2) is 34.8 Å². The van der Waals surface area contributed by atoms with Crippen LogP contribution in [-0.2, 0) is 15.1 Å². The number of amides is 4. The van der Waals surface area contributed by atoms with Gasteiger partial charge in [0.2, 0.25) is 5.91 Å². The summed E-state index contributed by atoms with van der Waals surface area (Å²) in [6.07, 6.45) is 0. The van der Waals surface area contributed by atoms with E-state index in [1.54, 1.807) is 32.0 Å². The summed E-state index contributed by atoms with van der Waals surface area (Å²) in [5, 5.41) is 14.6. The monoisotopic (exact) mass is 420 g/mol. The highest BCUT2D eigenvalue weighted by Crippen LogP contribution is 2.30. The molecular weight excluding hydrogens is 400 g/mol. The van der Waals surface area contributed by atoms with Crippen molar-refractivity contribution in [2.45, 2.75) is 38.8 Å². The van der Waals surface area contributed by atoms with Crippen LogP contribution >= 0.6 is 15.9 Å². The first-order valence-corrected chi connectivity index (χ1v) is 8.95. The van der Waals surface area contributed by atoms with Crippen molar-refractivity contribution >= 4 is 33.8 Å². The first kappa shape index (κ1) is 19.9. The van der Waals surface area contributed by atoms with E-state index in [0.29, 0.717) is 5.56 Å². The molecule has 2 rings (SSSR count). The van der Waals surface area contributed by atoms with E-state index in [-0.39, 0.29) is 5.92 Å². The highest BCUT2D eigenvalue weighted by Gasteiger charge is 2.49. The lowest BCUT2D eigenvalue weighted by atomic mass is 9.90. The summed E-state index contributed by atoms with van der Waals surface area (Å²) in [7, 11) is 0. The molecule has 1 fully saturated rings. The number of rotatable bonds is 5. The van der Waals surface area contributed by atoms with Gasteiger partial charge < -0.3 is 10.6 Å². The summed E-state index contributed by atoms with van der Waals surface area (Å²) in [5.74, 6) is -1.21. The van der Waals surface area contributed by atoms with Gasteiger partial charge in [-0.3, -0.25) is 14.5 Å². The first-order valence-electron chi connectivity index (χ1n) is 8.16. The van der Waals surface area contributed by atoms with E-state index in [2.05, 4.69) is 32.6 Å². The molecule has 8 heteroatoms. The molecule has 0 saturated carbocycles. The lowest BCUT2D eigenvalue weighted by Crippen LogP contribution is -2.52. The van der Waals surface area contributed by atoms with Crippen molar-refractivity contribution in [1.82, 2.24) is 15.5 Å². The maximum atomic E-state index is 12.8. The predicted molar refractivity (Wildman–Crippen MR) is 98.7 cm³/mol. The fourth-order valence-electron chi connectivity index (χ4n) is 2.61. The number of nitrogens with zero attached hydrogens (tertiary/aromatic N) is 2. The van der Waals surface area contributed by atoms with Gasteiger partial charge in [0.05, 0.1) is 6.07 Å². The van der Waals surface area contributed by atoms with Gasteiger partial charge in [0.1, 0.15) is 17.6 Å². The third-order valence-corrected chi connectivity index (χ3v) is 5.26. The Balaban J connectivity index is 2.19. The number of halogens is 1. The number of hydrogen-bond donors (Lipinski definition) is 2. The van der Waals surface area contributed by atoms with Gasteiger partial charge in [-0.15, -0.1) is 0 Å². The lowest BCUT2D eigenvalue weighted by Gasteiger charge is -2.28. The molecule has 2 atom stereocenters. The van der Waals surface area contributed by atoms with E-state index in [9.17, 15) is 19.6 Å². The highest BCUT2D eigenvalue weighted by atomic mass is 79.9. The normalized spacial score (nSPS) is 22.0. The molecule has 2 N–H and O–H groups in total. The van der Waals surface area contributed by atoms with E-state index >= 15 is 0 Å². The van der Waals surface area contributed by atoms with Crippen molar-refractivity contribution in [3.8, 4) is 6.07 Å². The molecule has 26 heavy (non-hydrogen) atoms. The Bertz CT molecular complexity index is 804. The van der Waals surface area contributed by atoms with Crippen molar-refractivity contribution < 1.29 is 14.4 Å². The van der Waals surface area contributed by atoms with E-state index < -0.39 is 35.5 Å². The van der Waals surface area contributed by atoms with Crippen molar-refractivity contribution in [3.63, 3.8) is 0 Å². The minimum atomic E-state index is -1.25. The Hall–Kier alpha value is -2.40. The molecule has 0 radical (unpaired) electrons. The lowest BCUT2D eigenvalue weighted by molar-refractivity contribution is -0.135. The number of nitriles is 1. The number of urea groups is 1. The third-order valence-electron chi connectivity index (χ3n) is 4.76. The minimum Gasteiger partial charge on any atom is -0.336 e. The van der Waals surface area contributed by atoms with Gasteiger partial charge in [-0.2, -0.15) is 5.26 Å². The molecule has 0 spiro atoms. The molecule has 1 saturated heterocycles. The van der Waals surface area contributed by atoms with Crippen LogP contribution in [0.2, 0.25) is 0 Å². The second-order valence-electron chi connectivity index (χ2n) is 6.97. The first-order chi connectivity index (χ1) is 12.0. The van der Waals surface area contributed by atoms with Crippen molar-refractivity contribution in [2.24, 2.45) is 5.92 Å². The zero-order valence-electron chi connectivity index (χ0n) is 15.1. The fraction of sp³-hybridized carbons (Fsp3) is 0.444. The topological polar surface area (TPSA) is 102 Å². The Labute approximate surface area is 160 Å². The molecule has 4 amide bonds. The van der Waals surface area contributed by atoms with E-state index in [1.807, 2.05) is 19.9 Å². The smallest absolute Gasteiger partial charge is 0.325 e. The average molecular weight is 421 g/mol. The van der Waals surface area contributed by atoms with Gasteiger partial charge in [0.15, 0.2) is 0 Å². The minimum absolute atomic E-state index is 0.133. The Kier molecular flexibility index (Phi) is 5.42. The summed E-state index contributed by atoms with van der Waals surface area (Å²) in [5.41, 5.74) is -1.72. The van der Waals surface area contributed by atoms with Gasteiger partial charge >= 0.3 is 6.03 Å². The summed E-state index contributed by atoms with van der Waals surface area (Å²) < 4.78 is 0.774. The maximum absolute atomic E-state index is 12.8. The van der Waals surface area contributed by atoms with Gasteiger partial charge in [0, 0.05) is 4.47 Å². The zero-order chi connectivity index (χ0) is 19.7. The predicted octanol–water partition coefficient (Wildman–Crippen LogP) is 2.27. The zero-order valence-corrected chi connectivity index (χ0v) is 16.7. The summed E-state index contributed by atoms with van der Waals surface area (Å²) in [4.78, 5) is 38.3. The second kappa shape index (κ2) is 7.08. The van der Waals surface area contributed by atoms with Crippen molar-refractivity contribution in [2.75, 3.05) is 6.54 Å². The molecule has 0 unspecified atom stereocenters. The standard InChI is InChI=1S/C18H21BrN4O3/c1-11(2)17(3,10-20)21-14(24)9-23-15(25)18(4,22-16(23)26)12-6-5-7-13(19)8-12/h5-8,11H,9H2,1-4H3,(H,21,24)(H,22,26)/t17-,18-/m0/s1. The van der Waals surface area contributed by atoms with Gasteiger partial charge in [0.25, 0.3) is 5.91 Å². The number of benzene rings is 1. The number of nitrogens with one attached hydrogen (secondary N) is 2. The molecule has 1 heterocycles. The Morgan fingerprint density at radius 1 is 1.46 bits per heavy atom. The van der Waals surface area contributed by atoms with E-state index in [0.717, 1.165) is 9.37 Å². The summed E-state index contributed by atoms with van der Waals surface area (Å²) in [6.45, 7) is 6.37. The molecule has 0 aliphatic carbocycles. The molecule has 1 aliphatic rings. The van der Waals surface area contributed by atoms with Gasteiger partial charge in [-0.05, 0) is 37.5 Å². The molecule has 138 valence electrons. The molecule has 1 aromatic carbocycles. The van der Waals surface area contributed by atoms with Crippen molar-refractivity contribution in [1.29, 1.82) is 5.26 Å². The second-order valence-corrected chi connectivity index (χ2v) is 7.89. The van der Waals surface area contributed by atoms with Crippen LogP contribution in [0.3, 0.4) is 0 Å². The quantitative estimate of drug-likeness (QED) is 0.712. The van der Waals surface area contributed by atoms with Crippen LogP contribution in [0.25, 0.3) is 0 Å². The Morgan fingerprint density at radius 2 is 2.12 bits per heavy atom. The fourth-order valence-corrected chi connectivity index (χ4v) is 3.01. The van der Waals surface area contributed by atoms with E-state index in [1.165, 1.54) is 0 Å². The SMILES string of the molecule is CC(C)[C@](C)(C#N)NC(=O)CN1C(=O)N[C@@](C)(c2cccc(Br)c2)C1=O. The molecule has 1 aliphatic heterocycles. The van der Waals surface area contributed by atoms with Crippen LogP contribution < -0.4 is 10.6 Å². The van der Waals surface area contributed by atoms with E-state index in [4.69, 9.17) is 0 Å². The maximum Gasteiger partial charge on any atom is 0.325 e. The van der Waals surface area contributed by atoms with Gasteiger partial charge in [-0.25, -0.2) is 4.79 Å². The number of imide groups is 1. The van der Waals surface area contributed by atoms with Crippen LogP contribution in [0.15, 0.2) is 28.7 Å². The van der Waals surface area contributed by atoms with Gasteiger partial charge in [-0.1, -0.05) is 41.9 Å². The van der Waals surface area contributed by atoms with Crippen LogP contribution in [0.5, 0.6) is 0 Å². The molecule has 0 aromatic heterocycles. The van der Waals surface area contributed by atoms with Crippen LogP contribution in [0, 0.1) is 17.2 Å². The summed E-state index contributed by atoms with van der Waals surface area (Å²) in [6, 6.07) is 8.48. The van der Waals surface area contributed by atoms with Crippen molar-refractivity contribution in [3.05, 3.63) is 34.3 Å². The molecule has 1 aromatic rings. The third kappa shape index (κ3) is 3.58. The molecular formula is C18H21BrN4O3. The largest absolute Gasteiger partial charge is 0.336 e. The number of carbonyl (C=O) groups is 3.